The molecule has 25 heavy (non-hydrogen) atoms. The predicted molar refractivity (Wildman–Crippen MR) is 87.4 cm³/mol. The zero-order valence-electron chi connectivity index (χ0n) is 13.7. The second-order valence-corrected chi connectivity index (χ2v) is 6.02. The Bertz CT molecular complexity index is 742. The highest BCUT2D eigenvalue weighted by Crippen LogP contribution is 2.43. The third kappa shape index (κ3) is 3.62. The summed E-state index contributed by atoms with van der Waals surface area (Å²) in [5, 5.41) is 9.60. The molecule has 0 unspecified atom stereocenters. The van der Waals surface area contributed by atoms with Gasteiger partial charge in [-0.25, -0.2) is 4.68 Å². The number of nitrogens with one attached hydrogen (secondary N) is 2. The minimum absolute atomic E-state index is 0.0149. The van der Waals surface area contributed by atoms with Gasteiger partial charge in [0.15, 0.2) is 11.7 Å². The Balaban J connectivity index is 1.93. The molecule has 134 valence electrons. The third-order valence-electron chi connectivity index (χ3n) is 4.16. The highest BCUT2D eigenvalue weighted by molar-refractivity contribution is 5.93. The van der Waals surface area contributed by atoms with Gasteiger partial charge < -0.3 is 10.6 Å². The molecule has 1 aliphatic heterocycles. The van der Waals surface area contributed by atoms with Gasteiger partial charge in [0.25, 0.3) is 5.91 Å². The van der Waals surface area contributed by atoms with Crippen molar-refractivity contribution >= 4 is 11.7 Å². The number of hydrogen-bond acceptors (Lipinski definition) is 3. The van der Waals surface area contributed by atoms with Crippen LogP contribution in [0.15, 0.2) is 36.4 Å². The van der Waals surface area contributed by atoms with Crippen molar-refractivity contribution in [2.45, 2.75) is 38.0 Å². The summed E-state index contributed by atoms with van der Waals surface area (Å²) in [6.07, 6.45) is -3.90. The van der Waals surface area contributed by atoms with Crippen LogP contribution < -0.4 is 10.6 Å². The monoisotopic (exact) mass is 352 g/mol. The summed E-state index contributed by atoms with van der Waals surface area (Å²) in [4.78, 5) is 12.0. The number of benzene rings is 1. The van der Waals surface area contributed by atoms with Crippen LogP contribution in [0, 0.1) is 0 Å². The molecule has 0 aliphatic carbocycles. The van der Waals surface area contributed by atoms with Crippen LogP contribution in [0.3, 0.4) is 0 Å². The molecule has 1 aromatic carbocycles. The van der Waals surface area contributed by atoms with Crippen molar-refractivity contribution in [2.75, 3.05) is 11.9 Å². The van der Waals surface area contributed by atoms with E-state index in [9.17, 15) is 18.0 Å². The van der Waals surface area contributed by atoms with E-state index in [2.05, 4.69) is 15.7 Å². The Morgan fingerprint density at radius 2 is 2.08 bits per heavy atom. The largest absolute Gasteiger partial charge is 0.410 e. The van der Waals surface area contributed by atoms with E-state index in [-0.39, 0.29) is 17.9 Å². The van der Waals surface area contributed by atoms with E-state index in [1.165, 1.54) is 6.07 Å². The Hall–Kier alpha value is -2.51. The third-order valence-corrected chi connectivity index (χ3v) is 4.16. The fraction of sp³-hybridized carbons (Fsp3) is 0.412. The predicted octanol–water partition coefficient (Wildman–Crippen LogP) is 3.68. The first-order valence-corrected chi connectivity index (χ1v) is 8.16. The van der Waals surface area contributed by atoms with Crippen molar-refractivity contribution in [3.63, 3.8) is 0 Å². The minimum atomic E-state index is -4.45. The second kappa shape index (κ2) is 6.78. The van der Waals surface area contributed by atoms with E-state index in [0.717, 1.165) is 16.7 Å². The molecule has 2 aromatic rings. The summed E-state index contributed by atoms with van der Waals surface area (Å²) in [5.74, 6) is -0.271. The van der Waals surface area contributed by atoms with Crippen molar-refractivity contribution in [2.24, 2.45) is 0 Å². The smallest absolute Gasteiger partial charge is 0.363 e. The summed E-state index contributed by atoms with van der Waals surface area (Å²) in [6, 6.07) is 8.06. The number of alkyl halides is 3. The maximum atomic E-state index is 13.5. The molecule has 0 spiro atoms. The molecule has 2 atom stereocenters. The van der Waals surface area contributed by atoms with Crippen LogP contribution in [0.1, 0.15) is 47.9 Å². The second-order valence-electron chi connectivity index (χ2n) is 6.02. The minimum Gasteiger partial charge on any atom is -0.363 e. The quantitative estimate of drug-likeness (QED) is 0.882. The van der Waals surface area contributed by atoms with Gasteiger partial charge in [-0.3, -0.25) is 4.79 Å². The van der Waals surface area contributed by atoms with Crippen LogP contribution in [0.4, 0.5) is 19.0 Å². The standard InChI is InChI=1S/C17H19F3N4O/c1-2-8-21-16(25)13-10-15-22-12(11-6-4-3-5-7-11)9-14(17(18,19)20)24(15)23-13/h3-7,10,12,14,22H,2,8-9H2,1H3,(H,21,25)/t12-,14+/m1/s1. The van der Waals surface area contributed by atoms with Crippen LogP contribution in [0.2, 0.25) is 0 Å². The van der Waals surface area contributed by atoms with E-state index >= 15 is 0 Å². The molecule has 3 rings (SSSR count). The van der Waals surface area contributed by atoms with Gasteiger partial charge in [0.1, 0.15) is 5.82 Å². The lowest BCUT2D eigenvalue weighted by Gasteiger charge is -2.33. The number of amides is 1. The number of hydrogen-bond donors (Lipinski definition) is 2. The van der Waals surface area contributed by atoms with Gasteiger partial charge in [-0.15, -0.1) is 0 Å². The molecule has 1 aromatic heterocycles. The number of carbonyl (C=O) groups is 1. The van der Waals surface area contributed by atoms with Crippen LogP contribution in [0.5, 0.6) is 0 Å². The van der Waals surface area contributed by atoms with Gasteiger partial charge >= 0.3 is 6.18 Å². The molecule has 0 radical (unpaired) electrons. The molecule has 5 nitrogen and oxygen atoms in total. The Morgan fingerprint density at radius 3 is 2.72 bits per heavy atom. The normalized spacial score (nSPS) is 19.8. The summed E-state index contributed by atoms with van der Waals surface area (Å²) in [6.45, 7) is 2.34. The SMILES string of the molecule is CCCNC(=O)c1cc2n(n1)[C@H](C(F)(F)F)C[C@H](c1ccccc1)N2. The van der Waals surface area contributed by atoms with E-state index in [1.54, 1.807) is 24.3 Å². The summed E-state index contributed by atoms with van der Waals surface area (Å²) < 4.78 is 41.5. The molecule has 1 amide bonds. The maximum absolute atomic E-state index is 13.5. The number of fused-ring (bicyclic) bond motifs is 1. The van der Waals surface area contributed by atoms with E-state index in [1.807, 2.05) is 13.0 Å². The average molecular weight is 352 g/mol. The molecule has 1 aliphatic rings. The van der Waals surface area contributed by atoms with Gasteiger partial charge in [0.05, 0.1) is 6.04 Å². The van der Waals surface area contributed by atoms with Crippen LogP contribution in [-0.2, 0) is 0 Å². The van der Waals surface area contributed by atoms with Gasteiger partial charge in [0.2, 0.25) is 0 Å². The molecular weight excluding hydrogens is 333 g/mol. The zero-order valence-corrected chi connectivity index (χ0v) is 13.7. The molecule has 2 heterocycles. The molecule has 2 N–H and O–H groups in total. The topological polar surface area (TPSA) is 59.0 Å². The lowest BCUT2D eigenvalue weighted by atomic mass is 9.97. The lowest BCUT2D eigenvalue weighted by molar-refractivity contribution is -0.173. The van der Waals surface area contributed by atoms with E-state index < -0.39 is 24.2 Å². The fourth-order valence-electron chi connectivity index (χ4n) is 2.92. The first-order chi connectivity index (χ1) is 11.9. The first kappa shape index (κ1) is 17.3. The van der Waals surface area contributed by atoms with Crippen LogP contribution in [0.25, 0.3) is 0 Å². The highest BCUT2D eigenvalue weighted by atomic mass is 19.4. The average Bonchev–Trinajstić information content (AvgIpc) is 3.02. The summed E-state index contributed by atoms with van der Waals surface area (Å²) >= 11 is 0. The fourth-order valence-corrected chi connectivity index (χ4v) is 2.92. The molecular formula is C17H19F3N4O. The van der Waals surface area contributed by atoms with E-state index in [0.29, 0.717) is 6.54 Å². The van der Waals surface area contributed by atoms with E-state index in [4.69, 9.17) is 0 Å². The van der Waals surface area contributed by atoms with Gasteiger partial charge in [-0.1, -0.05) is 37.3 Å². The van der Waals surface area contributed by atoms with Crippen molar-refractivity contribution < 1.29 is 18.0 Å². The Labute approximate surface area is 143 Å². The number of halogens is 3. The number of carbonyl (C=O) groups excluding carboxylic acids is 1. The summed E-state index contributed by atoms with van der Waals surface area (Å²) in [7, 11) is 0. The lowest BCUT2D eigenvalue weighted by Crippen LogP contribution is -2.35. The summed E-state index contributed by atoms with van der Waals surface area (Å²) in [5.41, 5.74) is 0.750. The molecule has 0 fully saturated rings. The molecule has 0 bridgehead atoms. The Morgan fingerprint density at radius 1 is 1.36 bits per heavy atom. The van der Waals surface area contributed by atoms with Crippen LogP contribution >= 0.6 is 0 Å². The number of rotatable bonds is 4. The number of nitrogens with zero attached hydrogens (tertiary/aromatic N) is 2. The molecule has 0 saturated carbocycles. The first-order valence-electron chi connectivity index (χ1n) is 8.16. The zero-order chi connectivity index (χ0) is 18.0. The Kier molecular flexibility index (Phi) is 4.69. The van der Waals surface area contributed by atoms with Gasteiger partial charge in [0, 0.05) is 19.0 Å². The number of aromatic nitrogens is 2. The van der Waals surface area contributed by atoms with Gasteiger partial charge in [-0.05, 0) is 12.0 Å². The van der Waals surface area contributed by atoms with Crippen molar-refractivity contribution in [3.05, 3.63) is 47.7 Å². The van der Waals surface area contributed by atoms with Crippen molar-refractivity contribution in [1.29, 1.82) is 0 Å². The highest BCUT2D eigenvalue weighted by Gasteiger charge is 2.46. The molecule has 8 heteroatoms. The molecule has 0 saturated heterocycles. The van der Waals surface area contributed by atoms with Crippen molar-refractivity contribution in [1.82, 2.24) is 15.1 Å². The van der Waals surface area contributed by atoms with Gasteiger partial charge in [-0.2, -0.15) is 18.3 Å². The van der Waals surface area contributed by atoms with Crippen LogP contribution in [-0.4, -0.2) is 28.4 Å². The number of anilines is 1. The van der Waals surface area contributed by atoms with Crippen molar-refractivity contribution in [3.8, 4) is 0 Å². The maximum Gasteiger partial charge on any atom is 0.410 e.